The normalized spacial score (nSPS) is 18.8. The van der Waals surface area contributed by atoms with Gasteiger partial charge < -0.3 is 15.7 Å². The average Bonchev–Trinajstić information content (AvgIpc) is 2.70. The molecular weight excluding hydrogens is 298 g/mol. The van der Waals surface area contributed by atoms with E-state index in [9.17, 15) is 5.11 Å². The SMILES string of the molecule is CCCCCCCCCCCCC(O)CN1CCNCCNCC1. The second kappa shape index (κ2) is 16.3. The van der Waals surface area contributed by atoms with E-state index in [1.165, 1.54) is 64.2 Å². The largest absolute Gasteiger partial charge is 0.392 e. The first kappa shape index (κ1) is 21.9. The molecule has 4 nitrogen and oxygen atoms in total. The molecule has 1 aliphatic rings. The van der Waals surface area contributed by atoms with Crippen LogP contribution < -0.4 is 10.6 Å². The summed E-state index contributed by atoms with van der Waals surface area (Å²) >= 11 is 0. The molecule has 1 fully saturated rings. The minimum absolute atomic E-state index is 0.153. The van der Waals surface area contributed by atoms with Gasteiger partial charge in [-0.3, -0.25) is 4.90 Å². The lowest BCUT2D eigenvalue weighted by molar-refractivity contribution is 0.104. The molecule has 1 unspecified atom stereocenters. The Balaban J connectivity index is 1.92. The van der Waals surface area contributed by atoms with E-state index >= 15 is 0 Å². The lowest BCUT2D eigenvalue weighted by Crippen LogP contribution is -2.39. The van der Waals surface area contributed by atoms with Crippen LogP contribution in [0.3, 0.4) is 0 Å². The first-order valence-electron chi connectivity index (χ1n) is 10.6. The maximum absolute atomic E-state index is 10.3. The molecule has 4 heteroatoms. The molecule has 24 heavy (non-hydrogen) atoms. The maximum Gasteiger partial charge on any atom is 0.0667 e. The molecule has 0 bridgehead atoms. The molecule has 144 valence electrons. The minimum Gasteiger partial charge on any atom is -0.392 e. The van der Waals surface area contributed by atoms with Crippen molar-refractivity contribution in [2.24, 2.45) is 0 Å². The second-order valence-electron chi connectivity index (χ2n) is 7.43. The molecule has 1 heterocycles. The molecule has 0 amide bonds. The van der Waals surface area contributed by atoms with Crippen LogP contribution in [0.2, 0.25) is 0 Å². The number of β-amino-alcohol motifs (C(OH)–C–C–N with tert-alkyl or cyclic N) is 1. The van der Waals surface area contributed by atoms with Crippen LogP contribution in [-0.4, -0.2) is 61.9 Å². The number of hydrogen-bond acceptors (Lipinski definition) is 4. The van der Waals surface area contributed by atoms with Gasteiger partial charge in [0.05, 0.1) is 6.10 Å². The van der Waals surface area contributed by atoms with Gasteiger partial charge in [0.25, 0.3) is 0 Å². The summed E-state index contributed by atoms with van der Waals surface area (Å²) in [6, 6.07) is 0. The zero-order valence-electron chi connectivity index (χ0n) is 16.2. The van der Waals surface area contributed by atoms with E-state index in [1.807, 2.05) is 0 Å². The smallest absolute Gasteiger partial charge is 0.0667 e. The van der Waals surface area contributed by atoms with Gasteiger partial charge in [-0.05, 0) is 6.42 Å². The van der Waals surface area contributed by atoms with E-state index < -0.39 is 0 Å². The Bertz CT molecular complexity index is 253. The highest BCUT2D eigenvalue weighted by Crippen LogP contribution is 2.12. The van der Waals surface area contributed by atoms with Gasteiger partial charge in [0.2, 0.25) is 0 Å². The minimum atomic E-state index is -0.153. The summed E-state index contributed by atoms with van der Waals surface area (Å²) in [6.07, 6.45) is 14.4. The van der Waals surface area contributed by atoms with Gasteiger partial charge in [0, 0.05) is 45.8 Å². The lowest BCUT2D eigenvalue weighted by atomic mass is 10.0. The third-order valence-corrected chi connectivity index (χ3v) is 5.05. The van der Waals surface area contributed by atoms with E-state index in [1.54, 1.807) is 0 Å². The van der Waals surface area contributed by atoms with Crippen molar-refractivity contribution in [2.45, 2.75) is 83.7 Å². The van der Waals surface area contributed by atoms with Crippen molar-refractivity contribution in [1.82, 2.24) is 15.5 Å². The summed E-state index contributed by atoms with van der Waals surface area (Å²) in [4.78, 5) is 2.40. The zero-order valence-corrected chi connectivity index (χ0v) is 16.2. The highest BCUT2D eigenvalue weighted by atomic mass is 16.3. The van der Waals surface area contributed by atoms with Crippen molar-refractivity contribution in [3.63, 3.8) is 0 Å². The topological polar surface area (TPSA) is 47.5 Å². The second-order valence-corrected chi connectivity index (χ2v) is 7.43. The summed E-state index contributed by atoms with van der Waals surface area (Å²) in [7, 11) is 0. The molecule has 1 rings (SSSR count). The highest BCUT2D eigenvalue weighted by Gasteiger charge is 2.12. The number of hydrogen-bond donors (Lipinski definition) is 3. The number of nitrogens with one attached hydrogen (secondary N) is 2. The monoisotopic (exact) mass is 341 g/mol. The third kappa shape index (κ3) is 13.2. The molecule has 0 saturated carbocycles. The predicted molar refractivity (Wildman–Crippen MR) is 105 cm³/mol. The standard InChI is InChI=1S/C20H43N3O/c1-2-3-4-5-6-7-8-9-10-11-12-20(24)19-23-17-15-21-13-14-22-16-18-23/h20-22,24H,2-19H2,1H3. The van der Waals surface area contributed by atoms with Crippen LogP contribution in [0.4, 0.5) is 0 Å². The van der Waals surface area contributed by atoms with Crippen molar-refractivity contribution in [1.29, 1.82) is 0 Å². The van der Waals surface area contributed by atoms with E-state index in [0.29, 0.717) is 0 Å². The fraction of sp³-hybridized carbons (Fsp3) is 1.00. The average molecular weight is 342 g/mol. The van der Waals surface area contributed by atoms with Gasteiger partial charge in [-0.25, -0.2) is 0 Å². The molecule has 0 aromatic heterocycles. The third-order valence-electron chi connectivity index (χ3n) is 5.05. The summed E-state index contributed by atoms with van der Waals surface area (Å²) in [5.74, 6) is 0. The number of rotatable bonds is 13. The lowest BCUT2D eigenvalue weighted by Gasteiger charge is -2.24. The van der Waals surface area contributed by atoms with Crippen molar-refractivity contribution >= 4 is 0 Å². The van der Waals surface area contributed by atoms with Gasteiger partial charge in [-0.15, -0.1) is 0 Å². The van der Waals surface area contributed by atoms with E-state index in [2.05, 4.69) is 22.5 Å². The number of aliphatic hydroxyl groups is 1. The Labute approximate surface area is 150 Å². The molecule has 0 aromatic carbocycles. The Hall–Kier alpha value is -0.160. The van der Waals surface area contributed by atoms with Gasteiger partial charge in [0.15, 0.2) is 0 Å². The van der Waals surface area contributed by atoms with Crippen LogP contribution in [0, 0.1) is 0 Å². The number of nitrogens with zero attached hydrogens (tertiary/aromatic N) is 1. The summed E-state index contributed by atoms with van der Waals surface area (Å²) in [5.41, 5.74) is 0. The van der Waals surface area contributed by atoms with Crippen molar-refractivity contribution < 1.29 is 5.11 Å². The molecule has 3 N–H and O–H groups in total. The Morgan fingerprint density at radius 2 is 1.25 bits per heavy atom. The van der Waals surface area contributed by atoms with E-state index in [0.717, 1.165) is 52.2 Å². The molecular formula is C20H43N3O. The van der Waals surface area contributed by atoms with Crippen molar-refractivity contribution in [3.05, 3.63) is 0 Å². The number of unbranched alkanes of at least 4 members (excludes halogenated alkanes) is 9. The van der Waals surface area contributed by atoms with Gasteiger partial charge >= 0.3 is 0 Å². The summed E-state index contributed by atoms with van der Waals surface area (Å²) in [5, 5.41) is 17.1. The molecule has 0 radical (unpaired) electrons. The Morgan fingerprint density at radius 3 is 1.79 bits per heavy atom. The molecule has 0 spiro atoms. The molecule has 0 aliphatic carbocycles. The van der Waals surface area contributed by atoms with E-state index in [-0.39, 0.29) is 6.10 Å². The zero-order chi connectivity index (χ0) is 17.3. The molecule has 0 aromatic rings. The quantitative estimate of drug-likeness (QED) is 0.450. The van der Waals surface area contributed by atoms with Crippen LogP contribution >= 0.6 is 0 Å². The summed E-state index contributed by atoms with van der Waals surface area (Å²) < 4.78 is 0. The fourth-order valence-corrected chi connectivity index (χ4v) is 3.45. The van der Waals surface area contributed by atoms with Crippen LogP contribution in [0.1, 0.15) is 77.6 Å². The predicted octanol–water partition coefficient (Wildman–Crippen LogP) is 3.15. The van der Waals surface area contributed by atoms with Crippen LogP contribution in [0.15, 0.2) is 0 Å². The van der Waals surface area contributed by atoms with Crippen LogP contribution in [-0.2, 0) is 0 Å². The highest BCUT2D eigenvalue weighted by molar-refractivity contribution is 4.69. The van der Waals surface area contributed by atoms with Gasteiger partial charge in [0.1, 0.15) is 0 Å². The van der Waals surface area contributed by atoms with Crippen LogP contribution in [0.25, 0.3) is 0 Å². The van der Waals surface area contributed by atoms with Gasteiger partial charge in [-0.1, -0.05) is 71.1 Å². The van der Waals surface area contributed by atoms with Gasteiger partial charge in [-0.2, -0.15) is 0 Å². The fourth-order valence-electron chi connectivity index (χ4n) is 3.45. The summed E-state index contributed by atoms with van der Waals surface area (Å²) in [6.45, 7) is 9.38. The van der Waals surface area contributed by atoms with E-state index in [4.69, 9.17) is 0 Å². The number of aliphatic hydroxyl groups excluding tert-OH is 1. The molecule has 1 aliphatic heterocycles. The molecule has 1 atom stereocenters. The Morgan fingerprint density at radius 1 is 0.750 bits per heavy atom. The first-order valence-corrected chi connectivity index (χ1v) is 10.6. The van der Waals surface area contributed by atoms with Crippen molar-refractivity contribution in [2.75, 3.05) is 45.8 Å². The first-order chi connectivity index (χ1) is 11.8. The molecule has 1 saturated heterocycles. The van der Waals surface area contributed by atoms with Crippen LogP contribution in [0.5, 0.6) is 0 Å². The maximum atomic E-state index is 10.3. The van der Waals surface area contributed by atoms with Crippen molar-refractivity contribution in [3.8, 4) is 0 Å². The Kier molecular flexibility index (Phi) is 14.9.